The van der Waals surface area contributed by atoms with Gasteiger partial charge in [0.05, 0.1) is 5.69 Å². The third-order valence-corrected chi connectivity index (χ3v) is 5.48. The predicted molar refractivity (Wildman–Crippen MR) is 134 cm³/mol. The number of esters is 1. The third kappa shape index (κ3) is 5.68. The molecule has 3 aromatic carbocycles. The standard InChI is InChI=1S/C27H26BrNO3/c1-4-16-29(17-5-2)26-20(3)25(27(30)32-22-14-10-7-11-15-22)24(18-23(26)28)31-19-21-12-8-6-9-13-21/h4-15,18H,1-2,16-17,19H2,3H3. The molecule has 0 unspecified atom stereocenters. The zero-order valence-electron chi connectivity index (χ0n) is 18.1. The van der Waals surface area contributed by atoms with Crippen LogP contribution in [0.15, 0.2) is 96.5 Å². The molecule has 3 aromatic rings. The smallest absolute Gasteiger partial charge is 0.347 e. The number of halogens is 1. The normalized spacial score (nSPS) is 10.3. The van der Waals surface area contributed by atoms with Gasteiger partial charge < -0.3 is 14.4 Å². The fourth-order valence-electron chi connectivity index (χ4n) is 3.44. The molecule has 0 bridgehead atoms. The molecule has 0 aliphatic rings. The van der Waals surface area contributed by atoms with Crippen molar-refractivity contribution in [2.24, 2.45) is 0 Å². The monoisotopic (exact) mass is 491 g/mol. The highest BCUT2D eigenvalue weighted by Gasteiger charge is 2.25. The fourth-order valence-corrected chi connectivity index (χ4v) is 4.20. The second kappa shape index (κ2) is 11.3. The summed E-state index contributed by atoms with van der Waals surface area (Å²) in [4.78, 5) is 15.4. The van der Waals surface area contributed by atoms with Gasteiger partial charge in [0, 0.05) is 17.6 Å². The molecule has 0 aromatic heterocycles. The first kappa shape index (κ1) is 23.4. The van der Waals surface area contributed by atoms with Gasteiger partial charge in [-0.2, -0.15) is 0 Å². The zero-order chi connectivity index (χ0) is 22.9. The first-order valence-electron chi connectivity index (χ1n) is 10.3. The SMILES string of the molecule is C=CCN(CC=C)c1c(Br)cc(OCc2ccccc2)c(C(=O)Oc2ccccc2)c1C. The van der Waals surface area contributed by atoms with E-state index in [1.807, 2.05) is 73.7 Å². The summed E-state index contributed by atoms with van der Waals surface area (Å²) in [5.41, 5.74) is 3.03. The molecule has 4 nitrogen and oxygen atoms in total. The van der Waals surface area contributed by atoms with Gasteiger partial charge in [0.15, 0.2) is 0 Å². The third-order valence-electron chi connectivity index (χ3n) is 4.87. The zero-order valence-corrected chi connectivity index (χ0v) is 19.7. The second-order valence-electron chi connectivity index (χ2n) is 7.16. The Morgan fingerprint density at radius 2 is 1.59 bits per heavy atom. The van der Waals surface area contributed by atoms with E-state index in [0.717, 1.165) is 21.3 Å². The van der Waals surface area contributed by atoms with Gasteiger partial charge in [-0.05, 0) is 52.2 Å². The van der Waals surface area contributed by atoms with E-state index in [1.54, 1.807) is 12.1 Å². The summed E-state index contributed by atoms with van der Waals surface area (Å²) in [5, 5.41) is 0. The van der Waals surface area contributed by atoms with E-state index in [2.05, 4.69) is 34.0 Å². The Morgan fingerprint density at radius 1 is 1.00 bits per heavy atom. The van der Waals surface area contributed by atoms with Crippen molar-refractivity contribution < 1.29 is 14.3 Å². The largest absolute Gasteiger partial charge is 0.488 e. The maximum Gasteiger partial charge on any atom is 0.347 e. The molecule has 0 radical (unpaired) electrons. The number of hydrogen-bond acceptors (Lipinski definition) is 4. The van der Waals surface area contributed by atoms with Crippen molar-refractivity contribution >= 4 is 27.6 Å². The highest BCUT2D eigenvalue weighted by atomic mass is 79.9. The summed E-state index contributed by atoms with van der Waals surface area (Å²) in [6.07, 6.45) is 3.63. The molecule has 164 valence electrons. The first-order chi connectivity index (χ1) is 15.5. The number of anilines is 1. The summed E-state index contributed by atoms with van der Waals surface area (Å²) >= 11 is 3.67. The second-order valence-corrected chi connectivity index (χ2v) is 8.02. The number of hydrogen-bond donors (Lipinski definition) is 0. The average molecular weight is 492 g/mol. The van der Waals surface area contributed by atoms with E-state index in [0.29, 0.717) is 36.8 Å². The average Bonchev–Trinajstić information content (AvgIpc) is 2.79. The number of nitrogens with zero attached hydrogens (tertiary/aromatic N) is 1. The van der Waals surface area contributed by atoms with Crippen LogP contribution in [0.2, 0.25) is 0 Å². The lowest BCUT2D eigenvalue weighted by molar-refractivity contribution is 0.0729. The summed E-state index contributed by atoms with van der Waals surface area (Å²) in [6, 6.07) is 20.7. The van der Waals surface area contributed by atoms with Gasteiger partial charge in [-0.25, -0.2) is 4.79 Å². The minimum Gasteiger partial charge on any atom is -0.488 e. The van der Waals surface area contributed by atoms with Crippen molar-refractivity contribution in [3.05, 3.63) is 113 Å². The van der Waals surface area contributed by atoms with E-state index < -0.39 is 5.97 Å². The summed E-state index contributed by atoms with van der Waals surface area (Å²) in [5.74, 6) is 0.465. The van der Waals surface area contributed by atoms with Gasteiger partial charge in [0.25, 0.3) is 0 Å². The molecule has 5 heteroatoms. The quantitative estimate of drug-likeness (QED) is 0.179. The summed E-state index contributed by atoms with van der Waals surface area (Å²) < 4.78 is 12.6. The van der Waals surface area contributed by atoms with Crippen LogP contribution in [0.25, 0.3) is 0 Å². The van der Waals surface area contributed by atoms with Gasteiger partial charge in [-0.15, -0.1) is 13.2 Å². The lowest BCUT2D eigenvalue weighted by atomic mass is 10.0. The number of carbonyl (C=O) groups excluding carboxylic acids is 1. The Hall–Kier alpha value is -3.31. The maximum atomic E-state index is 13.3. The highest BCUT2D eigenvalue weighted by Crippen LogP contribution is 2.39. The van der Waals surface area contributed by atoms with Gasteiger partial charge in [0.2, 0.25) is 0 Å². The van der Waals surface area contributed by atoms with E-state index in [1.165, 1.54) is 0 Å². The molecule has 0 amide bonds. The molecule has 0 saturated heterocycles. The number of rotatable bonds is 10. The molecule has 32 heavy (non-hydrogen) atoms. The van der Waals surface area contributed by atoms with E-state index in [4.69, 9.17) is 9.47 Å². The number of ether oxygens (including phenoxy) is 2. The number of carbonyl (C=O) groups is 1. The summed E-state index contributed by atoms with van der Waals surface area (Å²) in [6.45, 7) is 11.1. The molecule has 3 rings (SSSR count). The highest BCUT2D eigenvalue weighted by molar-refractivity contribution is 9.10. The number of benzene rings is 3. The maximum absolute atomic E-state index is 13.3. The molecule has 0 aliphatic carbocycles. The molecule has 0 aliphatic heterocycles. The molecule has 0 spiro atoms. The van der Waals surface area contributed by atoms with Crippen molar-refractivity contribution in [3.8, 4) is 11.5 Å². The Morgan fingerprint density at radius 3 is 2.19 bits per heavy atom. The van der Waals surface area contributed by atoms with Crippen molar-refractivity contribution in [2.75, 3.05) is 18.0 Å². The first-order valence-corrected chi connectivity index (χ1v) is 11.1. The van der Waals surface area contributed by atoms with Crippen LogP contribution in [0.5, 0.6) is 11.5 Å². The van der Waals surface area contributed by atoms with Gasteiger partial charge in [-0.3, -0.25) is 0 Å². The van der Waals surface area contributed by atoms with Gasteiger partial charge in [0.1, 0.15) is 23.7 Å². The molecule has 0 saturated carbocycles. The van der Waals surface area contributed by atoms with Crippen LogP contribution < -0.4 is 14.4 Å². The number of para-hydroxylation sites is 1. The Labute approximate surface area is 197 Å². The molecule has 0 N–H and O–H groups in total. The van der Waals surface area contributed by atoms with Crippen LogP contribution in [-0.4, -0.2) is 19.1 Å². The van der Waals surface area contributed by atoms with Crippen molar-refractivity contribution in [1.82, 2.24) is 0 Å². The minimum absolute atomic E-state index is 0.334. The lowest BCUT2D eigenvalue weighted by Crippen LogP contribution is -2.26. The van der Waals surface area contributed by atoms with Crippen molar-refractivity contribution in [1.29, 1.82) is 0 Å². The molecular formula is C27H26BrNO3. The topological polar surface area (TPSA) is 38.8 Å². The summed E-state index contributed by atoms with van der Waals surface area (Å²) in [7, 11) is 0. The predicted octanol–water partition coefficient (Wildman–Crippen LogP) is 6.73. The van der Waals surface area contributed by atoms with Crippen LogP contribution in [0, 0.1) is 6.92 Å². The Balaban J connectivity index is 2.05. The molecule has 0 fully saturated rings. The van der Waals surface area contributed by atoms with Gasteiger partial charge >= 0.3 is 5.97 Å². The molecule has 0 atom stereocenters. The van der Waals surface area contributed by atoms with E-state index in [9.17, 15) is 4.79 Å². The molecule has 0 heterocycles. The van der Waals surface area contributed by atoms with Crippen LogP contribution in [-0.2, 0) is 6.61 Å². The minimum atomic E-state index is -0.470. The lowest BCUT2D eigenvalue weighted by Gasteiger charge is -2.27. The fraction of sp³-hybridized carbons (Fsp3) is 0.148. The molecular weight excluding hydrogens is 466 g/mol. The van der Waals surface area contributed by atoms with Crippen molar-refractivity contribution in [3.63, 3.8) is 0 Å². The van der Waals surface area contributed by atoms with Crippen LogP contribution in [0.4, 0.5) is 5.69 Å². The Kier molecular flexibility index (Phi) is 8.28. The van der Waals surface area contributed by atoms with E-state index >= 15 is 0 Å². The van der Waals surface area contributed by atoms with E-state index in [-0.39, 0.29) is 0 Å². The van der Waals surface area contributed by atoms with Crippen LogP contribution in [0.1, 0.15) is 21.5 Å². The van der Waals surface area contributed by atoms with Gasteiger partial charge in [-0.1, -0.05) is 60.7 Å². The van der Waals surface area contributed by atoms with Crippen LogP contribution >= 0.6 is 15.9 Å². The Bertz CT molecular complexity index is 1070. The van der Waals surface area contributed by atoms with Crippen molar-refractivity contribution in [2.45, 2.75) is 13.5 Å². The van der Waals surface area contributed by atoms with Crippen LogP contribution in [0.3, 0.4) is 0 Å².